The van der Waals surface area contributed by atoms with Gasteiger partial charge in [0, 0.05) is 12.6 Å². The molecule has 1 aromatic heterocycles. The SMILES string of the molecule is COC(=O)c1cc(S(=O)(=O)NC(CCO)C(C)C)c(Br)s1. The zero-order valence-electron chi connectivity index (χ0n) is 11.9. The van der Waals surface area contributed by atoms with Gasteiger partial charge < -0.3 is 9.84 Å². The molecule has 0 aliphatic carbocycles. The molecule has 1 atom stereocenters. The van der Waals surface area contributed by atoms with Gasteiger partial charge in [-0.3, -0.25) is 0 Å². The fraction of sp³-hybridized carbons (Fsp3) is 0.583. The van der Waals surface area contributed by atoms with E-state index in [0.29, 0.717) is 10.2 Å². The van der Waals surface area contributed by atoms with Gasteiger partial charge in [-0.1, -0.05) is 13.8 Å². The zero-order chi connectivity index (χ0) is 16.2. The van der Waals surface area contributed by atoms with Gasteiger partial charge in [0.2, 0.25) is 10.0 Å². The summed E-state index contributed by atoms with van der Waals surface area (Å²) < 4.78 is 32.3. The molecule has 9 heteroatoms. The molecular formula is C12H18BrNO5S2. The number of halogens is 1. The Labute approximate surface area is 136 Å². The highest BCUT2D eigenvalue weighted by Crippen LogP contribution is 2.32. The van der Waals surface area contributed by atoms with Gasteiger partial charge in [-0.2, -0.15) is 0 Å². The van der Waals surface area contributed by atoms with Crippen LogP contribution in [0.1, 0.15) is 29.9 Å². The van der Waals surface area contributed by atoms with Gasteiger partial charge in [0.15, 0.2) is 0 Å². The number of hydrogen-bond donors (Lipinski definition) is 2. The quantitative estimate of drug-likeness (QED) is 0.683. The summed E-state index contributed by atoms with van der Waals surface area (Å²) in [7, 11) is -2.55. The number of thiophene rings is 1. The molecule has 0 bridgehead atoms. The van der Waals surface area contributed by atoms with E-state index in [1.165, 1.54) is 13.2 Å². The minimum atomic E-state index is -3.78. The zero-order valence-corrected chi connectivity index (χ0v) is 15.1. The van der Waals surface area contributed by atoms with Crippen molar-refractivity contribution in [2.24, 2.45) is 5.92 Å². The Balaban J connectivity index is 3.07. The standard InChI is InChI=1S/C12H18BrNO5S2/c1-7(2)8(4-5-15)14-21(17,18)10-6-9(12(16)19-3)20-11(10)13/h6-8,14-15H,4-5H2,1-3H3. The Bertz CT molecular complexity index is 597. The van der Waals surface area contributed by atoms with E-state index in [4.69, 9.17) is 5.11 Å². The number of esters is 1. The van der Waals surface area contributed by atoms with E-state index >= 15 is 0 Å². The van der Waals surface area contributed by atoms with Crippen LogP contribution in [-0.4, -0.2) is 39.3 Å². The predicted octanol–water partition coefficient (Wildman–Crippen LogP) is 1.98. The maximum atomic E-state index is 12.4. The lowest BCUT2D eigenvalue weighted by molar-refractivity contribution is 0.0606. The number of sulfonamides is 1. The summed E-state index contributed by atoms with van der Waals surface area (Å²) in [5.41, 5.74) is 0. The summed E-state index contributed by atoms with van der Waals surface area (Å²) in [6.45, 7) is 3.63. The predicted molar refractivity (Wildman–Crippen MR) is 84.0 cm³/mol. The first-order valence-electron chi connectivity index (χ1n) is 6.23. The molecular weight excluding hydrogens is 382 g/mol. The van der Waals surface area contributed by atoms with E-state index in [0.717, 1.165) is 11.3 Å². The second-order valence-electron chi connectivity index (χ2n) is 4.72. The average Bonchev–Trinajstić information content (AvgIpc) is 2.80. The maximum absolute atomic E-state index is 12.4. The normalized spacial score (nSPS) is 13.4. The first-order valence-corrected chi connectivity index (χ1v) is 9.33. The smallest absolute Gasteiger partial charge is 0.348 e. The Kier molecular flexibility index (Phi) is 6.79. The molecule has 0 fully saturated rings. The number of methoxy groups -OCH3 is 1. The monoisotopic (exact) mass is 399 g/mol. The molecule has 1 unspecified atom stereocenters. The van der Waals surface area contributed by atoms with E-state index < -0.39 is 16.0 Å². The Morgan fingerprint density at radius 3 is 2.62 bits per heavy atom. The van der Waals surface area contributed by atoms with Crippen molar-refractivity contribution in [2.75, 3.05) is 13.7 Å². The van der Waals surface area contributed by atoms with Gasteiger partial charge in [0.05, 0.1) is 10.9 Å². The van der Waals surface area contributed by atoms with Crippen LogP contribution in [-0.2, 0) is 14.8 Å². The lowest BCUT2D eigenvalue weighted by atomic mass is 10.0. The molecule has 0 radical (unpaired) electrons. The largest absolute Gasteiger partial charge is 0.465 e. The summed E-state index contributed by atoms with van der Waals surface area (Å²) in [5.74, 6) is -0.553. The molecule has 1 heterocycles. The van der Waals surface area contributed by atoms with Crippen LogP contribution >= 0.6 is 27.3 Å². The number of aliphatic hydroxyl groups is 1. The van der Waals surface area contributed by atoms with Crippen LogP contribution in [0.25, 0.3) is 0 Å². The first kappa shape index (κ1) is 18.6. The number of carbonyl (C=O) groups excluding carboxylic acids is 1. The summed E-state index contributed by atoms with van der Waals surface area (Å²) in [6.07, 6.45) is 0.322. The van der Waals surface area contributed by atoms with Crippen molar-refractivity contribution in [3.63, 3.8) is 0 Å². The summed E-state index contributed by atoms with van der Waals surface area (Å²) in [4.78, 5) is 11.7. The fourth-order valence-corrected chi connectivity index (χ4v) is 5.57. The van der Waals surface area contributed by atoms with Gasteiger partial charge >= 0.3 is 5.97 Å². The number of ether oxygens (including phenoxy) is 1. The van der Waals surface area contributed by atoms with Crippen molar-refractivity contribution in [1.29, 1.82) is 0 Å². The lowest BCUT2D eigenvalue weighted by Gasteiger charge is -2.21. The molecule has 0 saturated heterocycles. The van der Waals surface area contributed by atoms with Gasteiger partial charge in [0.25, 0.3) is 0 Å². The van der Waals surface area contributed by atoms with Crippen molar-refractivity contribution < 1.29 is 23.1 Å². The molecule has 0 saturated carbocycles. The molecule has 6 nitrogen and oxygen atoms in total. The summed E-state index contributed by atoms with van der Waals surface area (Å²) in [5, 5.41) is 9.01. The van der Waals surface area contributed by atoms with E-state index in [2.05, 4.69) is 25.4 Å². The highest BCUT2D eigenvalue weighted by atomic mass is 79.9. The first-order chi connectivity index (χ1) is 9.72. The molecule has 0 aromatic carbocycles. The molecule has 2 N–H and O–H groups in total. The summed E-state index contributed by atoms with van der Waals surface area (Å²) >= 11 is 4.15. The van der Waals surface area contributed by atoms with Crippen LogP contribution in [0.2, 0.25) is 0 Å². The number of hydrogen-bond acceptors (Lipinski definition) is 6. The topological polar surface area (TPSA) is 92.7 Å². The van der Waals surface area contributed by atoms with E-state index in [1.54, 1.807) is 0 Å². The molecule has 21 heavy (non-hydrogen) atoms. The molecule has 0 amide bonds. The van der Waals surface area contributed by atoms with E-state index in [1.807, 2.05) is 13.8 Å². The second-order valence-corrected chi connectivity index (χ2v) is 8.78. The van der Waals surface area contributed by atoms with Crippen LogP contribution < -0.4 is 4.72 Å². The van der Waals surface area contributed by atoms with Gasteiger partial charge in [0.1, 0.15) is 9.77 Å². The number of rotatable bonds is 7. The Morgan fingerprint density at radius 2 is 2.14 bits per heavy atom. The fourth-order valence-electron chi connectivity index (χ4n) is 1.67. The lowest BCUT2D eigenvalue weighted by Crippen LogP contribution is -2.39. The van der Waals surface area contributed by atoms with Crippen LogP contribution in [0.4, 0.5) is 0 Å². The van der Waals surface area contributed by atoms with Gasteiger partial charge in [-0.15, -0.1) is 11.3 Å². The van der Waals surface area contributed by atoms with Crippen LogP contribution in [0.5, 0.6) is 0 Å². The Hall–Kier alpha value is -0.480. The van der Waals surface area contributed by atoms with Crippen molar-refractivity contribution in [2.45, 2.75) is 31.2 Å². The number of carbonyl (C=O) groups is 1. The third-order valence-electron chi connectivity index (χ3n) is 2.88. The van der Waals surface area contributed by atoms with Gasteiger partial charge in [-0.05, 0) is 34.3 Å². The van der Waals surface area contributed by atoms with Crippen LogP contribution in [0.15, 0.2) is 14.7 Å². The Morgan fingerprint density at radius 1 is 1.52 bits per heavy atom. The average molecular weight is 400 g/mol. The van der Waals surface area contributed by atoms with Crippen molar-refractivity contribution in [3.8, 4) is 0 Å². The van der Waals surface area contributed by atoms with Crippen molar-refractivity contribution in [1.82, 2.24) is 4.72 Å². The maximum Gasteiger partial charge on any atom is 0.348 e. The second kappa shape index (κ2) is 7.68. The number of nitrogens with one attached hydrogen (secondary N) is 1. The molecule has 0 aliphatic rings. The summed E-state index contributed by atoms with van der Waals surface area (Å²) in [6, 6.07) is 0.896. The number of aliphatic hydroxyl groups excluding tert-OH is 1. The molecule has 0 aliphatic heterocycles. The molecule has 120 valence electrons. The minimum absolute atomic E-state index is 0.00325. The van der Waals surface area contributed by atoms with Gasteiger partial charge in [-0.25, -0.2) is 17.9 Å². The molecule has 1 rings (SSSR count). The van der Waals surface area contributed by atoms with E-state index in [9.17, 15) is 13.2 Å². The molecule has 1 aromatic rings. The van der Waals surface area contributed by atoms with E-state index in [-0.39, 0.29) is 28.3 Å². The van der Waals surface area contributed by atoms with Crippen molar-refractivity contribution in [3.05, 3.63) is 14.7 Å². The van der Waals surface area contributed by atoms with Crippen molar-refractivity contribution >= 4 is 43.3 Å². The third kappa shape index (κ3) is 4.75. The minimum Gasteiger partial charge on any atom is -0.465 e. The highest BCUT2D eigenvalue weighted by Gasteiger charge is 2.27. The third-order valence-corrected chi connectivity index (χ3v) is 6.60. The van der Waals surface area contributed by atoms with Crippen LogP contribution in [0, 0.1) is 5.92 Å². The molecule has 0 spiro atoms. The highest BCUT2D eigenvalue weighted by molar-refractivity contribution is 9.11. The van der Waals surface area contributed by atoms with Crippen LogP contribution in [0.3, 0.4) is 0 Å².